The SMILES string of the molecule is Cc1cc(NS(=O)(=O)c2ccc(-c3noc(C(F)(F)F)n3)cc2)no1. The van der Waals surface area contributed by atoms with Crippen LogP contribution in [-0.2, 0) is 16.2 Å². The summed E-state index contributed by atoms with van der Waals surface area (Å²) < 4.78 is 72.8. The summed E-state index contributed by atoms with van der Waals surface area (Å²) in [6, 6.07) is 6.29. The van der Waals surface area contributed by atoms with Gasteiger partial charge in [-0.15, -0.1) is 0 Å². The van der Waals surface area contributed by atoms with Gasteiger partial charge in [-0.25, -0.2) is 8.42 Å². The lowest BCUT2D eigenvalue weighted by molar-refractivity contribution is -0.159. The van der Waals surface area contributed by atoms with E-state index in [-0.39, 0.29) is 22.1 Å². The van der Waals surface area contributed by atoms with Crippen LogP contribution in [-0.4, -0.2) is 23.7 Å². The zero-order chi connectivity index (χ0) is 18.2. The van der Waals surface area contributed by atoms with Gasteiger partial charge in [-0.1, -0.05) is 10.3 Å². The molecular weight excluding hydrogens is 365 g/mol. The smallest absolute Gasteiger partial charge is 0.360 e. The first-order chi connectivity index (χ1) is 11.6. The molecule has 1 aromatic carbocycles. The van der Waals surface area contributed by atoms with Crippen molar-refractivity contribution in [3.8, 4) is 11.4 Å². The highest BCUT2D eigenvalue weighted by Crippen LogP contribution is 2.29. The monoisotopic (exact) mass is 374 g/mol. The van der Waals surface area contributed by atoms with Crippen molar-refractivity contribution in [2.24, 2.45) is 0 Å². The van der Waals surface area contributed by atoms with E-state index in [1.54, 1.807) is 6.92 Å². The number of aromatic nitrogens is 3. The highest BCUT2D eigenvalue weighted by Gasteiger charge is 2.38. The second kappa shape index (κ2) is 5.88. The minimum atomic E-state index is -4.76. The maximum atomic E-state index is 12.4. The van der Waals surface area contributed by atoms with Crippen LogP contribution < -0.4 is 4.72 Å². The molecule has 0 fully saturated rings. The van der Waals surface area contributed by atoms with Crippen molar-refractivity contribution in [1.82, 2.24) is 15.3 Å². The highest BCUT2D eigenvalue weighted by molar-refractivity contribution is 7.92. The van der Waals surface area contributed by atoms with E-state index in [0.29, 0.717) is 5.76 Å². The van der Waals surface area contributed by atoms with Gasteiger partial charge in [-0.05, 0) is 31.2 Å². The molecule has 0 atom stereocenters. The molecule has 0 aliphatic carbocycles. The topological polar surface area (TPSA) is 111 Å². The quantitative estimate of drug-likeness (QED) is 0.747. The molecule has 0 saturated carbocycles. The minimum Gasteiger partial charge on any atom is -0.360 e. The van der Waals surface area contributed by atoms with Crippen LogP contribution in [0.3, 0.4) is 0 Å². The van der Waals surface area contributed by atoms with E-state index in [1.165, 1.54) is 30.3 Å². The molecule has 2 heterocycles. The number of halogens is 3. The molecule has 8 nitrogen and oxygen atoms in total. The largest absolute Gasteiger partial charge is 0.471 e. The highest BCUT2D eigenvalue weighted by atomic mass is 32.2. The summed E-state index contributed by atoms with van der Waals surface area (Å²) in [6.07, 6.45) is -4.76. The van der Waals surface area contributed by atoms with Gasteiger partial charge >= 0.3 is 12.1 Å². The van der Waals surface area contributed by atoms with Crippen LogP contribution in [0.5, 0.6) is 0 Å². The Balaban J connectivity index is 1.83. The number of alkyl halides is 3. The number of anilines is 1. The van der Waals surface area contributed by atoms with Gasteiger partial charge in [0.25, 0.3) is 10.0 Å². The van der Waals surface area contributed by atoms with Gasteiger partial charge in [0.2, 0.25) is 5.82 Å². The molecule has 3 rings (SSSR count). The molecule has 0 unspecified atom stereocenters. The van der Waals surface area contributed by atoms with Crippen molar-refractivity contribution in [1.29, 1.82) is 0 Å². The summed E-state index contributed by atoms with van der Waals surface area (Å²) in [5.74, 6) is -1.36. The van der Waals surface area contributed by atoms with E-state index >= 15 is 0 Å². The zero-order valence-corrected chi connectivity index (χ0v) is 13.2. The molecule has 0 spiro atoms. The molecule has 2 aromatic heterocycles. The van der Waals surface area contributed by atoms with Gasteiger partial charge in [-0.3, -0.25) is 4.72 Å². The van der Waals surface area contributed by atoms with Gasteiger partial charge < -0.3 is 9.05 Å². The number of hydrogen-bond acceptors (Lipinski definition) is 7. The maximum Gasteiger partial charge on any atom is 0.471 e. The summed E-state index contributed by atoms with van der Waals surface area (Å²) in [4.78, 5) is 3.10. The predicted molar refractivity (Wildman–Crippen MR) is 76.8 cm³/mol. The van der Waals surface area contributed by atoms with Gasteiger partial charge in [0.05, 0.1) is 4.90 Å². The second-order valence-electron chi connectivity index (χ2n) is 4.87. The molecule has 3 aromatic rings. The number of rotatable bonds is 4. The molecule has 12 heteroatoms. The molecule has 132 valence electrons. The third-order valence-electron chi connectivity index (χ3n) is 2.96. The Kier molecular flexibility index (Phi) is 3.99. The van der Waals surface area contributed by atoms with Crippen LogP contribution in [0, 0.1) is 6.92 Å². The number of aryl methyl sites for hydroxylation is 1. The number of hydrogen-bond donors (Lipinski definition) is 1. The number of nitrogens with zero attached hydrogens (tertiary/aromatic N) is 3. The van der Waals surface area contributed by atoms with Gasteiger partial charge in [0.15, 0.2) is 5.82 Å². The van der Waals surface area contributed by atoms with Crippen LogP contribution in [0.4, 0.5) is 19.0 Å². The Bertz CT molecular complexity index is 993. The summed E-state index contributed by atoms with van der Waals surface area (Å²) in [5.41, 5.74) is 0.162. The molecule has 0 aliphatic rings. The lowest BCUT2D eigenvalue weighted by Crippen LogP contribution is -2.13. The van der Waals surface area contributed by atoms with E-state index in [4.69, 9.17) is 4.52 Å². The van der Waals surface area contributed by atoms with Crippen LogP contribution >= 0.6 is 0 Å². The van der Waals surface area contributed by atoms with Gasteiger partial charge in [0.1, 0.15) is 5.76 Å². The Morgan fingerprint density at radius 1 is 1.08 bits per heavy atom. The Hall–Kier alpha value is -2.89. The van der Waals surface area contributed by atoms with Crippen molar-refractivity contribution in [3.63, 3.8) is 0 Å². The Labute approximate surface area is 138 Å². The van der Waals surface area contributed by atoms with Gasteiger partial charge in [0, 0.05) is 11.6 Å². The zero-order valence-electron chi connectivity index (χ0n) is 12.4. The Morgan fingerprint density at radius 3 is 2.28 bits per heavy atom. The third kappa shape index (κ3) is 3.63. The molecule has 0 radical (unpaired) electrons. The lowest BCUT2D eigenvalue weighted by atomic mass is 10.2. The molecule has 1 N–H and O–H groups in total. The van der Waals surface area contributed by atoms with E-state index in [9.17, 15) is 21.6 Å². The van der Waals surface area contributed by atoms with Crippen molar-refractivity contribution in [2.75, 3.05) is 4.72 Å². The van der Waals surface area contributed by atoms with E-state index in [2.05, 4.69) is 24.5 Å². The summed E-state index contributed by atoms with van der Waals surface area (Å²) in [7, 11) is -3.93. The van der Waals surface area contributed by atoms with E-state index < -0.39 is 22.1 Å². The molecule has 0 saturated heterocycles. The molecule has 0 amide bonds. The number of nitrogens with one attached hydrogen (secondary N) is 1. The first-order valence-electron chi connectivity index (χ1n) is 6.63. The fraction of sp³-hybridized carbons (Fsp3) is 0.154. The minimum absolute atomic E-state index is 0.00886. The van der Waals surface area contributed by atoms with Crippen molar-refractivity contribution >= 4 is 15.8 Å². The fourth-order valence-corrected chi connectivity index (χ4v) is 2.83. The lowest BCUT2D eigenvalue weighted by Gasteiger charge is -2.05. The first kappa shape index (κ1) is 17.0. The number of benzene rings is 1. The van der Waals surface area contributed by atoms with Crippen LogP contribution in [0.2, 0.25) is 0 Å². The van der Waals surface area contributed by atoms with Crippen molar-refractivity contribution < 1.29 is 30.6 Å². The van der Waals surface area contributed by atoms with E-state index in [1.807, 2.05) is 0 Å². The Morgan fingerprint density at radius 2 is 1.76 bits per heavy atom. The molecular formula is C13H9F3N4O4S. The van der Waals surface area contributed by atoms with Crippen LogP contribution in [0.1, 0.15) is 11.7 Å². The molecule has 0 bridgehead atoms. The average Bonchev–Trinajstić information content (AvgIpc) is 3.16. The predicted octanol–water partition coefficient (Wildman–Crippen LogP) is 2.85. The summed E-state index contributed by atoms with van der Waals surface area (Å²) >= 11 is 0. The van der Waals surface area contributed by atoms with E-state index in [0.717, 1.165) is 0 Å². The maximum absolute atomic E-state index is 12.4. The first-order valence-corrected chi connectivity index (χ1v) is 8.11. The summed E-state index contributed by atoms with van der Waals surface area (Å²) in [5, 5.41) is 6.73. The second-order valence-corrected chi connectivity index (χ2v) is 6.56. The standard InChI is InChI=1S/C13H9F3N4O4S/c1-7-6-10(18-23-7)20-25(21,22)9-4-2-8(3-5-9)11-17-12(24-19-11)13(14,15)16/h2-6H,1H3,(H,18,20). The van der Waals surface area contributed by atoms with Crippen molar-refractivity contribution in [3.05, 3.63) is 42.0 Å². The normalized spacial score (nSPS) is 12.3. The van der Waals surface area contributed by atoms with Crippen molar-refractivity contribution in [2.45, 2.75) is 18.0 Å². The summed E-state index contributed by atoms with van der Waals surface area (Å²) in [6.45, 7) is 1.60. The average molecular weight is 374 g/mol. The third-order valence-corrected chi connectivity index (χ3v) is 4.33. The molecule has 25 heavy (non-hydrogen) atoms. The van der Waals surface area contributed by atoms with Crippen LogP contribution in [0.15, 0.2) is 44.3 Å². The van der Waals surface area contributed by atoms with Crippen LogP contribution in [0.25, 0.3) is 11.4 Å². The number of sulfonamides is 1. The molecule has 0 aliphatic heterocycles. The van der Waals surface area contributed by atoms with Gasteiger partial charge in [-0.2, -0.15) is 18.2 Å². The fourth-order valence-electron chi connectivity index (χ4n) is 1.85.